The molecule has 4 heteroatoms. The van der Waals surface area contributed by atoms with Crippen LogP contribution in [0.5, 0.6) is 0 Å². The molecule has 2 heterocycles. The van der Waals surface area contributed by atoms with Crippen molar-refractivity contribution in [2.45, 2.75) is 13.8 Å². The van der Waals surface area contributed by atoms with E-state index < -0.39 is 5.82 Å². The van der Waals surface area contributed by atoms with Gasteiger partial charge in [-0.15, -0.1) is 0 Å². The molecular formula is C15H11FO3. The van der Waals surface area contributed by atoms with Crippen LogP contribution >= 0.6 is 0 Å². The van der Waals surface area contributed by atoms with Gasteiger partial charge >= 0.3 is 0 Å². The number of carbonyl (C=O) groups excluding carboxylic acids is 1. The Morgan fingerprint density at radius 1 is 1.11 bits per heavy atom. The van der Waals surface area contributed by atoms with Crippen LogP contribution in [-0.4, -0.2) is 5.78 Å². The number of carbonyl (C=O) groups is 1. The average Bonchev–Trinajstić information content (AvgIpc) is 2.93. The molecule has 0 radical (unpaired) electrons. The number of rotatable bonds is 2. The SMILES string of the molecule is Cc1ccc(C(=O)c2oc3cc(F)ccc3c2C)o1. The molecule has 3 nitrogen and oxygen atoms in total. The van der Waals surface area contributed by atoms with Crippen molar-refractivity contribution in [2.24, 2.45) is 0 Å². The van der Waals surface area contributed by atoms with Crippen LogP contribution in [0.4, 0.5) is 4.39 Å². The summed E-state index contributed by atoms with van der Waals surface area (Å²) in [5.74, 6) is 0.342. The molecule has 0 atom stereocenters. The predicted octanol–water partition coefficient (Wildman–Crippen LogP) is 4.01. The quantitative estimate of drug-likeness (QED) is 0.652. The summed E-state index contributed by atoms with van der Waals surface area (Å²) >= 11 is 0. The Morgan fingerprint density at radius 3 is 2.58 bits per heavy atom. The minimum atomic E-state index is -0.394. The van der Waals surface area contributed by atoms with Crippen molar-refractivity contribution in [2.75, 3.05) is 0 Å². The highest BCUT2D eigenvalue weighted by Gasteiger charge is 2.21. The normalized spacial score (nSPS) is 11.1. The molecule has 3 aromatic rings. The number of fused-ring (bicyclic) bond motifs is 1. The number of aryl methyl sites for hydroxylation is 2. The predicted molar refractivity (Wildman–Crippen MR) is 67.8 cm³/mol. The zero-order valence-corrected chi connectivity index (χ0v) is 10.5. The molecular weight excluding hydrogens is 247 g/mol. The lowest BCUT2D eigenvalue weighted by atomic mass is 10.1. The Balaban J connectivity index is 2.15. The molecule has 1 aromatic carbocycles. The number of furan rings is 2. The Hall–Kier alpha value is -2.36. The summed E-state index contributed by atoms with van der Waals surface area (Å²) in [4.78, 5) is 12.3. The van der Waals surface area contributed by atoms with Crippen molar-refractivity contribution in [1.29, 1.82) is 0 Å². The zero-order valence-electron chi connectivity index (χ0n) is 10.5. The topological polar surface area (TPSA) is 43.4 Å². The van der Waals surface area contributed by atoms with Crippen molar-refractivity contribution in [3.05, 3.63) is 59.0 Å². The van der Waals surface area contributed by atoms with Crippen molar-refractivity contribution in [3.63, 3.8) is 0 Å². The van der Waals surface area contributed by atoms with E-state index in [0.717, 1.165) is 5.39 Å². The third-order valence-corrected chi connectivity index (χ3v) is 3.07. The van der Waals surface area contributed by atoms with Crippen molar-refractivity contribution in [1.82, 2.24) is 0 Å². The third-order valence-electron chi connectivity index (χ3n) is 3.07. The van der Waals surface area contributed by atoms with Gasteiger partial charge in [0, 0.05) is 17.0 Å². The fourth-order valence-electron chi connectivity index (χ4n) is 2.08. The maximum absolute atomic E-state index is 13.1. The maximum Gasteiger partial charge on any atom is 0.263 e. The Bertz CT molecular complexity index is 780. The fraction of sp³-hybridized carbons (Fsp3) is 0.133. The van der Waals surface area contributed by atoms with Gasteiger partial charge in [-0.25, -0.2) is 4.39 Å². The van der Waals surface area contributed by atoms with Gasteiger partial charge in [-0.05, 0) is 38.1 Å². The van der Waals surface area contributed by atoms with Crippen LogP contribution in [0.25, 0.3) is 11.0 Å². The zero-order chi connectivity index (χ0) is 13.6. The molecule has 19 heavy (non-hydrogen) atoms. The second kappa shape index (κ2) is 4.09. The lowest BCUT2D eigenvalue weighted by molar-refractivity contribution is 0.0983. The minimum absolute atomic E-state index is 0.190. The fourth-order valence-corrected chi connectivity index (χ4v) is 2.08. The van der Waals surface area contributed by atoms with Gasteiger partial charge in [0.05, 0.1) is 0 Å². The number of hydrogen-bond donors (Lipinski definition) is 0. The summed E-state index contributed by atoms with van der Waals surface area (Å²) in [6.07, 6.45) is 0. The molecule has 0 unspecified atom stereocenters. The molecule has 96 valence electrons. The average molecular weight is 258 g/mol. The van der Waals surface area contributed by atoms with Crippen LogP contribution in [0.2, 0.25) is 0 Å². The first-order valence-electron chi connectivity index (χ1n) is 5.86. The highest BCUT2D eigenvalue weighted by molar-refractivity contribution is 6.08. The lowest BCUT2D eigenvalue weighted by Crippen LogP contribution is -1.99. The van der Waals surface area contributed by atoms with Crippen molar-refractivity contribution >= 4 is 16.8 Å². The smallest absolute Gasteiger partial charge is 0.263 e. The van der Waals surface area contributed by atoms with E-state index in [0.29, 0.717) is 16.9 Å². The summed E-state index contributed by atoms with van der Waals surface area (Å²) in [5, 5.41) is 0.730. The van der Waals surface area contributed by atoms with E-state index in [1.165, 1.54) is 12.1 Å². The molecule has 3 rings (SSSR count). The summed E-state index contributed by atoms with van der Waals surface area (Å²) in [7, 11) is 0. The number of halogens is 1. The van der Waals surface area contributed by atoms with Crippen molar-refractivity contribution in [3.8, 4) is 0 Å². The summed E-state index contributed by atoms with van der Waals surface area (Å²) in [6, 6.07) is 7.53. The second-order valence-electron chi connectivity index (χ2n) is 4.44. The van der Waals surface area contributed by atoms with E-state index in [1.54, 1.807) is 32.0 Å². The largest absolute Gasteiger partial charge is 0.458 e. The number of hydrogen-bond acceptors (Lipinski definition) is 3. The van der Waals surface area contributed by atoms with Gasteiger partial charge in [0.25, 0.3) is 5.78 Å². The molecule has 0 fully saturated rings. The highest BCUT2D eigenvalue weighted by Crippen LogP contribution is 2.28. The van der Waals surface area contributed by atoms with E-state index in [-0.39, 0.29) is 17.3 Å². The minimum Gasteiger partial charge on any atom is -0.458 e. The monoisotopic (exact) mass is 258 g/mol. The Kier molecular flexibility index (Phi) is 2.52. The van der Waals surface area contributed by atoms with Gasteiger partial charge in [0.2, 0.25) is 0 Å². The molecule has 0 bridgehead atoms. The van der Waals surface area contributed by atoms with Crippen LogP contribution in [0, 0.1) is 19.7 Å². The van der Waals surface area contributed by atoms with E-state index in [1.807, 2.05) is 0 Å². The molecule has 0 spiro atoms. The standard InChI is InChI=1S/C15H11FO3/c1-8-3-6-12(18-8)14(17)15-9(2)11-5-4-10(16)7-13(11)19-15/h3-7H,1-2H3. The van der Waals surface area contributed by atoms with Gasteiger partial charge in [-0.3, -0.25) is 4.79 Å². The number of ketones is 1. The van der Waals surface area contributed by atoms with Crippen molar-refractivity contribution < 1.29 is 18.0 Å². The van der Waals surface area contributed by atoms with Crippen LogP contribution < -0.4 is 0 Å². The molecule has 0 aliphatic heterocycles. The summed E-state index contributed by atoms with van der Waals surface area (Å²) < 4.78 is 23.9. The molecule has 0 amide bonds. The summed E-state index contributed by atoms with van der Waals surface area (Å²) in [5.41, 5.74) is 1.05. The first-order chi connectivity index (χ1) is 9.06. The Labute approximate surface area is 108 Å². The Morgan fingerprint density at radius 2 is 1.89 bits per heavy atom. The van der Waals surface area contributed by atoms with Crippen LogP contribution in [0.15, 0.2) is 39.2 Å². The van der Waals surface area contributed by atoms with Gasteiger partial charge < -0.3 is 8.83 Å². The first-order valence-corrected chi connectivity index (χ1v) is 5.86. The maximum atomic E-state index is 13.1. The van der Waals surface area contributed by atoms with Gasteiger partial charge in [0.15, 0.2) is 11.5 Å². The first kappa shape index (κ1) is 11.7. The molecule has 0 aliphatic rings. The van der Waals surface area contributed by atoms with Crippen LogP contribution in [-0.2, 0) is 0 Å². The third kappa shape index (κ3) is 1.85. The molecule has 0 saturated carbocycles. The lowest BCUT2D eigenvalue weighted by Gasteiger charge is -1.94. The molecule has 0 saturated heterocycles. The van der Waals surface area contributed by atoms with E-state index in [9.17, 15) is 9.18 Å². The molecule has 0 aliphatic carbocycles. The second-order valence-corrected chi connectivity index (χ2v) is 4.44. The van der Waals surface area contributed by atoms with Crippen LogP contribution in [0.1, 0.15) is 27.6 Å². The molecule has 2 aromatic heterocycles. The summed E-state index contributed by atoms with van der Waals surface area (Å²) in [6.45, 7) is 3.53. The van der Waals surface area contributed by atoms with E-state index in [4.69, 9.17) is 8.83 Å². The highest BCUT2D eigenvalue weighted by atomic mass is 19.1. The van der Waals surface area contributed by atoms with Gasteiger partial charge in [0.1, 0.15) is 17.2 Å². The van der Waals surface area contributed by atoms with Crippen LogP contribution in [0.3, 0.4) is 0 Å². The van der Waals surface area contributed by atoms with Gasteiger partial charge in [-0.2, -0.15) is 0 Å². The number of benzene rings is 1. The van der Waals surface area contributed by atoms with E-state index in [2.05, 4.69) is 0 Å². The van der Waals surface area contributed by atoms with Gasteiger partial charge in [-0.1, -0.05) is 0 Å². The molecule has 0 N–H and O–H groups in total. The van der Waals surface area contributed by atoms with E-state index >= 15 is 0 Å².